The second-order valence-electron chi connectivity index (χ2n) is 4.41. The Morgan fingerprint density at radius 1 is 1.50 bits per heavy atom. The van der Waals surface area contributed by atoms with E-state index in [0.717, 1.165) is 26.0 Å². The number of likely N-dealkylation sites (N-methyl/N-ethyl adjacent to an activating group) is 1. The number of aryl methyl sites for hydroxylation is 1. The summed E-state index contributed by atoms with van der Waals surface area (Å²) in [7, 11) is 3.86. The fraction of sp³-hybridized carbons (Fsp3) is 0.538. The molecule has 1 atom stereocenters. The smallest absolute Gasteiger partial charge is 0.115 e. The Kier molecular flexibility index (Phi) is 3.46. The van der Waals surface area contributed by atoms with Gasteiger partial charge in [0.1, 0.15) is 5.75 Å². The van der Waals surface area contributed by atoms with E-state index in [4.69, 9.17) is 4.74 Å². The quantitative estimate of drug-likeness (QED) is 0.843. The van der Waals surface area contributed by atoms with Crippen LogP contribution in [-0.4, -0.2) is 37.3 Å². The predicted octanol–water partition coefficient (Wildman–Crippen LogP) is 1.96. The number of phenolic OH excluding ortho intramolecular Hbond substituents is 1. The van der Waals surface area contributed by atoms with Crippen LogP contribution in [0, 0.1) is 0 Å². The standard InChI is InChI=1S/C13H19NO2/c1-14(7-8-16-2)13-6-3-10-9-11(15)4-5-12(10)13/h4-5,9,13,15H,3,6-8H2,1-2H3. The molecule has 2 rings (SSSR count). The van der Waals surface area contributed by atoms with Crippen molar-refractivity contribution in [3.05, 3.63) is 29.3 Å². The summed E-state index contributed by atoms with van der Waals surface area (Å²) in [4.78, 5) is 2.33. The van der Waals surface area contributed by atoms with Crippen LogP contribution in [0.5, 0.6) is 5.75 Å². The molecule has 1 unspecified atom stereocenters. The van der Waals surface area contributed by atoms with Gasteiger partial charge in [-0.2, -0.15) is 0 Å². The first kappa shape index (κ1) is 11.4. The number of rotatable bonds is 4. The van der Waals surface area contributed by atoms with Gasteiger partial charge in [0.25, 0.3) is 0 Å². The van der Waals surface area contributed by atoms with Gasteiger partial charge in [-0.1, -0.05) is 6.07 Å². The van der Waals surface area contributed by atoms with Crippen LogP contribution in [0.3, 0.4) is 0 Å². The molecule has 0 aliphatic heterocycles. The Hall–Kier alpha value is -1.06. The summed E-state index contributed by atoms with van der Waals surface area (Å²) in [6.07, 6.45) is 2.20. The van der Waals surface area contributed by atoms with Crippen molar-refractivity contribution in [2.24, 2.45) is 0 Å². The normalized spacial score (nSPS) is 19.1. The van der Waals surface area contributed by atoms with Gasteiger partial charge in [-0.25, -0.2) is 0 Å². The monoisotopic (exact) mass is 221 g/mol. The molecule has 1 aliphatic carbocycles. The minimum atomic E-state index is 0.374. The van der Waals surface area contributed by atoms with Gasteiger partial charge in [0, 0.05) is 19.7 Å². The molecule has 1 aliphatic rings. The van der Waals surface area contributed by atoms with Crippen molar-refractivity contribution in [2.75, 3.05) is 27.3 Å². The second-order valence-corrected chi connectivity index (χ2v) is 4.41. The molecule has 0 heterocycles. The largest absolute Gasteiger partial charge is 0.508 e. The van der Waals surface area contributed by atoms with Gasteiger partial charge in [-0.15, -0.1) is 0 Å². The molecule has 0 saturated carbocycles. The fourth-order valence-electron chi connectivity index (χ4n) is 2.43. The lowest BCUT2D eigenvalue weighted by atomic mass is 10.1. The second kappa shape index (κ2) is 4.85. The van der Waals surface area contributed by atoms with Crippen LogP contribution in [0.2, 0.25) is 0 Å². The summed E-state index contributed by atoms with van der Waals surface area (Å²) in [5.41, 5.74) is 2.64. The lowest BCUT2D eigenvalue weighted by molar-refractivity contribution is 0.138. The van der Waals surface area contributed by atoms with Gasteiger partial charge < -0.3 is 9.84 Å². The molecule has 0 fully saturated rings. The number of fused-ring (bicyclic) bond motifs is 1. The molecule has 0 saturated heterocycles. The zero-order valence-electron chi connectivity index (χ0n) is 9.94. The maximum absolute atomic E-state index is 9.43. The molecular formula is C13H19NO2. The number of hydrogen-bond donors (Lipinski definition) is 1. The van der Waals surface area contributed by atoms with Gasteiger partial charge in [-0.3, -0.25) is 4.90 Å². The topological polar surface area (TPSA) is 32.7 Å². The number of benzene rings is 1. The van der Waals surface area contributed by atoms with Crippen LogP contribution in [0.25, 0.3) is 0 Å². The van der Waals surface area contributed by atoms with E-state index < -0.39 is 0 Å². The zero-order valence-corrected chi connectivity index (χ0v) is 9.94. The number of ether oxygens (including phenoxy) is 1. The molecule has 1 aromatic carbocycles. The fourth-order valence-corrected chi connectivity index (χ4v) is 2.43. The first-order valence-electron chi connectivity index (χ1n) is 5.73. The number of hydrogen-bond acceptors (Lipinski definition) is 3. The van der Waals surface area contributed by atoms with Gasteiger partial charge in [0.2, 0.25) is 0 Å². The zero-order chi connectivity index (χ0) is 11.5. The van der Waals surface area contributed by atoms with Gasteiger partial charge in [0.15, 0.2) is 0 Å². The van der Waals surface area contributed by atoms with Gasteiger partial charge >= 0.3 is 0 Å². The highest BCUT2D eigenvalue weighted by Crippen LogP contribution is 2.36. The van der Waals surface area contributed by atoms with Gasteiger partial charge in [0.05, 0.1) is 6.61 Å². The van der Waals surface area contributed by atoms with E-state index in [9.17, 15) is 5.11 Å². The van der Waals surface area contributed by atoms with E-state index in [2.05, 4.69) is 11.9 Å². The summed E-state index contributed by atoms with van der Waals surface area (Å²) >= 11 is 0. The molecule has 3 nitrogen and oxygen atoms in total. The number of phenols is 1. The maximum Gasteiger partial charge on any atom is 0.115 e. The maximum atomic E-state index is 9.43. The molecule has 88 valence electrons. The highest BCUT2D eigenvalue weighted by molar-refractivity contribution is 5.40. The number of aromatic hydroxyl groups is 1. The van der Waals surface area contributed by atoms with Crippen molar-refractivity contribution in [3.63, 3.8) is 0 Å². The van der Waals surface area contributed by atoms with Crippen LogP contribution >= 0.6 is 0 Å². The van der Waals surface area contributed by atoms with E-state index in [0.29, 0.717) is 11.8 Å². The Labute approximate surface area is 96.6 Å². The lowest BCUT2D eigenvalue weighted by Crippen LogP contribution is -2.26. The first-order chi connectivity index (χ1) is 7.72. The summed E-state index contributed by atoms with van der Waals surface area (Å²) in [5, 5.41) is 9.43. The highest BCUT2D eigenvalue weighted by Gasteiger charge is 2.25. The summed E-state index contributed by atoms with van der Waals surface area (Å²) < 4.78 is 5.10. The number of nitrogens with zero attached hydrogens (tertiary/aromatic N) is 1. The SMILES string of the molecule is COCCN(C)C1CCc2cc(O)ccc21. The molecule has 0 bridgehead atoms. The molecule has 0 radical (unpaired) electrons. The lowest BCUT2D eigenvalue weighted by Gasteiger charge is -2.24. The Bertz CT molecular complexity index is 365. The molecular weight excluding hydrogens is 202 g/mol. The predicted molar refractivity (Wildman–Crippen MR) is 63.7 cm³/mol. The molecule has 1 N–H and O–H groups in total. The third-order valence-corrected chi connectivity index (χ3v) is 3.35. The molecule has 3 heteroatoms. The molecule has 16 heavy (non-hydrogen) atoms. The Balaban J connectivity index is 2.11. The Morgan fingerprint density at radius 3 is 3.06 bits per heavy atom. The molecule has 0 spiro atoms. The van der Waals surface area contributed by atoms with Crippen molar-refractivity contribution in [1.82, 2.24) is 4.90 Å². The van der Waals surface area contributed by atoms with Crippen molar-refractivity contribution >= 4 is 0 Å². The summed E-state index contributed by atoms with van der Waals surface area (Å²) in [5.74, 6) is 0.374. The van der Waals surface area contributed by atoms with Crippen LogP contribution in [-0.2, 0) is 11.2 Å². The summed E-state index contributed by atoms with van der Waals surface area (Å²) in [6, 6.07) is 6.19. The van der Waals surface area contributed by atoms with Crippen LogP contribution in [0.4, 0.5) is 0 Å². The van der Waals surface area contributed by atoms with Crippen molar-refractivity contribution in [1.29, 1.82) is 0 Å². The van der Waals surface area contributed by atoms with Crippen molar-refractivity contribution in [3.8, 4) is 5.75 Å². The average Bonchev–Trinajstić information content (AvgIpc) is 2.68. The molecule has 1 aromatic rings. The molecule has 0 amide bonds. The van der Waals surface area contributed by atoms with Gasteiger partial charge in [-0.05, 0) is 43.1 Å². The van der Waals surface area contributed by atoms with E-state index in [1.165, 1.54) is 11.1 Å². The minimum absolute atomic E-state index is 0.374. The molecule has 0 aromatic heterocycles. The highest BCUT2D eigenvalue weighted by atomic mass is 16.5. The van der Waals surface area contributed by atoms with E-state index in [1.807, 2.05) is 12.1 Å². The number of methoxy groups -OCH3 is 1. The third kappa shape index (κ3) is 2.20. The summed E-state index contributed by atoms with van der Waals surface area (Å²) in [6.45, 7) is 1.71. The minimum Gasteiger partial charge on any atom is -0.508 e. The van der Waals surface area contributed by atoms with Crippen LogP contribution in [0.15, 0.2) is 18.2 Å². The van der Waals surface area contributed by atoms with Crippen LogP contribution < -0.4 is 0 Å². The van der Waals surface area contributed by atoms with Crippen molar-refractivity contribution in [2.45, 2.75) is 18.9 Å². The average molecular weight is 221 g/mol. The van der Waals surface area contributed by atoms with E-state index >= 15 is 0 Å². The van der Waals surface area contributed by atoms with E-state index in [1.54, 1.807) is 13.2 Å². The Morgan fingerprint density at radius 2 is 2.31 bits per heavy atom. The third-order valence-electron chi connectivity index (χ3n) is 3.35. The van der Waals surface area contributed by atoms with Crippen LogP contribution in [0.1, 0.15) is 23.6 Å². The first-order valence-corrected chi connectivity index (χ1v) is 5.73. The van der Waals surface area contributed by atoms with Crippen molar-refractivity contribution < 1.29 is 9.84 Å². The van der Waals surface area contributed by atoms with E-state index in [-0.39, 0.29) is 0 Å².